The molecule has 20 heavy (non-hydrogen) atoms. The number of nitrogens with one attached hydrogen (secondary N) is 2. The number of amides is 1. The number of aromatic amines is 1. The van der Waals surface area contributed by atoms with Gasteiger partial charge in [0.2, 0.25) is 0 Å². The predicted octanol–water partition coefficient (Wildman–Crippen LogP) is 2.37. The lowest BCUT2D eigenvalue weighted by Gasteiger charge is -2.04. The van der Waals surface area contributed by atoms with E-state index < -0.39 is 0 Å². The maximum absolute atomic E-state index is 11.9. The van der Waals surface area contributed by atoms with Crippen LogP contribution in [0.4, 0.5) is 11.5 Å². The van der Waals surface area contributed by atoms with Crippen molar-refractivity contribution >= 4 is 28.7 Å². The van der Waals surface area contributed by atoms with Crippen LogP contribution in [-0.4, -0.2) is 21.1 Å². The van der Waals surface area contributed by atoms with E-state index in [9.17, 15) is 4.79 Å². The van der Waals surface area contributed by atoms with Gasteiger partial charge in [-0.05, 0) is 24.3 Å². The number of carbonyl (C=O) groups is 1. The van der Waals surface area contributed by atoms with Crippen LogP contribution in [0, 0.1) is 0 Å². The highest BCUT2D eigenvalue weighted by Crippen LogP contribution is 2.23. The molecule has 0 spiro atoms. The van der Waals surface area contributed by atoms with Crippen LogP contribution in [0.15, 0.2) is 41.9 Å². The Labute approximate surface area is 118 Å². The number of nitrogens with two attached hydrogens (primary N) is 1. The standard InChI is InChI=1S/C13H11N5OS/c14-11-7-10(17-18-11)12(19)16-9-3-1-8(2-4-9)13-15-5-6-20-13/h1-7H,(H,16,19)(H3,14,17,18). The van der Waals surface area contributed by atoms with E-state index in [0.29, 0.717) is 11.4 Å². The van der Waals surface area contributed by atoms with Gasteiger partial charge in [0.05, 0.1) is 0 Å². The Balaban J connectivity index is 1.74. The first-order valence-electron chi connectivity index (χ1n) is 5.84. The van der Waals surface area contributed by atoms with Gasteiger partial charge in [-0.1, -0.05) is 0 Å². The van der Waals surface area contributed by atoms with Gasteiger partial charge in [-0.2, -0.15) is 5.10 Å². The van der Waals surface area contributed by atoms with Crippen molar-refractivity contribution < 1.29 is 4.79 Å². The minimum atomic E-state index is -0.281. The van der Waals surface area contributed by atoms with Gasteiger partial charge in [0, 0.05) is 28.9 Å². The monoisotopic (exact) mass is 285 g/mol. The fraction of sp³-hybridized carbons (Fsp3) is 0. The molecule has 0 aliphatic carbocycles. The summed E-state index contributed by atoms with van der Waals surface area (Å²) >= 11 is 1.57. The Morgan fingerprint density at radius 2 is 2.10 bits per heavy atom. The quantitative estimate of drug-likeness (QED) is 0.688. The summed E-state index contributed by atoms with van der Waals surface area (Å²) in [5, 5.41) is 11.9. The van der Waals surface area contributed by atoms with Crippen molar-refractivity contribution in [1.29, 1.82) is 0 Å². The number of hydrogen-bond donors (Lipinski definition) is 3. The van der Waals surface area contributed by atoms with Crippen molar-refractivity contribution in [2.75, 3.05) is 11.1 Å². The number of thiazole rings is 1. The minimum absolute atomic E-state index is 0.281. The van der Waals surface area contributed by atoms with Crippen LogP contribution >= 0.6 is 11.3 Å². The van der Waals surface area contributed by atoms with Gasteiger partial charge in [0.25, 0.3) is 5.91 Å². The molecule has 1 aromatic carbocycles. The van der Waals surface area contributed by atoms with Gasteiger partial charge < -0.3 is 11.1 Å². The second-order valence-electron chi connectivity index (χ2n) is 4.08. The van der Waals surface area contributed by atoms with E-state index in [1.54, 1.807) is 17.5 Å². The smallest absolute Gasteiger partial charge is 0.273 e. The molecule has 0 unspecified atom stereocenters. The topological polar surface area (TPSA) is 96.7 Å². The molecule has 100 valence electrons. The number of hydrogen-bond acceptors (Lipinski definition) is 5. The van der Waals surface area contributed by atoms with Gasteiger partial charge in [-0.25, -0.2) is 4.98 Å². The number of aromatic nitrogens is 3. The summed E-state index contributed by atoms with van der Waals surface area (Å²) in [5.41, 5.74) is 7.50. The molecule has 1 amide bonds. The number of anilines is 2. The van der Waals surface area contributed by atoms with Crippen molar-refractivity contribution in [2.45, 2.75) is 0 Å². The number of rotatable bonds is 3. The third kappa shape index (κ3) is 2.52. The van der Waals surface area contributed by atoms with Gasteiger partial charge in [-0.15, -0.1) is 11.3 Å². The van der Waals surface area contributed by atoms with Crippen LogP contribution in [0.5, 0.6) is 0 Å². The van der Waals surface area contributed by atoms with Crippen LogP contribution < -0.4 is 11.1 Å². The number of nitrogen functional groups attached to an aromatic ring is 1. The molecule has 0 aliphatic rings. The summed E-state index contributed by atoms with van der Waals surface area (Å²) in [7, 11) is 0. The van der Waals surface area contributed by atoms with Crippen LogP contribution in [0.25, 0.3) is 10.6 Å². The first-order chi connectivity index (χ1) is 9.72. The average Bonchev–Trinajstić information content (AvgIpc) is 3.10. The molecular formula is C13H11N5OS. The van der Waals surface area contributed by atoms with E-state index in [1.165, 1.54) is 6.07 Å². The second-order valence-corrected chi connectivity index (χ2v) is 4.97. The van der Waals surface area contributed by atoms with Crippen molar-refractivity contribution in [1.82, 2.24) is 15.2 Å². The Morgan fingerprint density at radius 3 is 2.70 bits per heavy atom. The Hall–Kier alpha value is -2.67. The second kappa shape index (κ2) is 5.14. The van der Waals surface area contributed by atoms with Crippen molar-refractivity contribution in [2.24, 2.45) is 0 Å². The van der Waals surface area contributed by atoms with Gasteiger partial charge >= 0.3 is 0 Å². The highest BCUT2D eigenvalue weighted by Gasteiger charge is 2.09. The first-order valence-corrected chi connectivity index (χ1v) is 6.72. The fourth-order valence-corrected chi connectivity index (χ4v) is 2.36. The number of benzene rings is 1. The molecule has 3 aromatic rings. The minimum Gasteiger partial charge on any atom is -0.382 e. The molecule has 3 rings (SSSR count). The van der Waals surface area contributed by atoms with Gasteiger partial charge in [0.1, 0.15) is 16.5 Å². The molecule has 4 N–H and O–H groups in total. The van der Waals surface area contributed by atoms with E-state index in [0.717, 1.165) is 10.6 Å². The van der Waals surface area contributed by atoms with E-state index in [-0.39, 0.29) is 11.7 Å². The lowest BCUT2D eigenvalue weighted by Crippen LogP contribution is -2.12. The normalized spacial score (nSPS) is 10.4. The molecule has 7 heteroatoms. The Kier molecular flexibility index (Phi) is 3.18. The molecule has 0 saturated heterocycles. The lowest BCUT2D eigenvalue weighted by atomic mass is 10.2. The third-order valence-electron chi connectivity index (χ3n) is 2.66. The molecule has 0 radical (unpaired) electrons. The van der Waals surface area contributed by atoms with Crippen molar-refractivity contribution in [3.05, 3.63) is 47.6 Å². The van der Waals surface area contributed by atoms with Crippen LogP contribution in [0.3, 0.4) is 0 Å². The maximum Gasteiger partial charge on any atom is 0.273 e. The molecule has 0 atom stereocenters. The highest BCUT2D eigenvalue weighted by atomic mass is 32.1. The zero-order valence-corrected chi connectivity index (χ0v) is 11.1. The fourth-order valence-electron chi connectivity index (χ4n) is 1.71. The molecule has 2 aromatic heterocycles. The zero-order valence-electron chi connectivity index (χ0n) is 10.3. The summed E-state index contributed by atoms with van der Waals surface area (Å²) in [4.78, 5) is 16.1. The average molecular weight is 285 g/mol. The first kappa shape index (κ1) is 12.4. The maximum atomic E-state index is 11.9. The highest BCUT2D eigenvalue weighted by molar-refractivity contribution is 7.13. The van der Waals surface area contributed by atoms with E-state index >= 15 is 0 Å². The summed E-state index contributed by atoms with van der Waals surface area (Å²) in [6.45, 7) is 0. The number of carbonyl (C=O) groups excluding carboxylic acids is 1. The van der Waals surface area contributed by atoms with Gasteiger partial charge in [0.15, 0.2) is 0 Å². The summed E-state index contributed by atoms with van der Waals surface area (Å²) in [6.07, 6.45) is 1.76. The van der Waals surface area contributed by atoms with Crippen LogP contribution in [0.1, 0.15) is 10.5 Å². The van der Waals surface area contributed by atoms with Crippen LogP contribution in [-0.2, 0) is 0 Å². The largest absolute Gasteiger partial charge is 0.382 e. The van der Waals surface area contributed by atoms with E-state index in [4.69, 9.17) is 5.73 Å². The van der Waals surface area contributed by atoms with E-state index in [2.05, 4.69) is 20.5 Å². The summed E-state index contributed by atoms with van der Waals surface area (Å²) < 4.78 is 0. The van der Waals surface area contributed by atoms with Crippen LogP contribution in [0.2, 0.25) is 0 Å². The molecule has 0 aliphatic heterocycles. The predicted molar refractivity (Wildman–Crippen MR) is 78.5 cm³/mol. The molecular weight excluding hydrogens is 274 g/mol. The van der Waals surface area contributed by atoms with Gasteiger partial charge in [-0.3, -0.25) is 9.89 Å². The zero-order chi connectivity index (χ0) is 13.9. The summed E-state index contributed by atoms with van der Waals surface area (Å²) in [6, 6.07) is 8.97. The lowest BCUT2D eigenvalue weighted by molar-refractivity contribution is 0.102. The number of nitrogens with zero attached hydrogens (tertiary/aromatic N) is 2. The molecule has 0 fully saturated rings. The molecule has 2 heterocycles. The molecule has 6 nitrogen and oxygen atoms in total. The third-order valence-corrected chi connectivity index (χ3v) is 3.49. The Bertz CT molecular complexity index is 718. The van der Waals surface area contributed by atoms with Crippen molar-refractivity contribution in [3.8, 4) is 10.6 Å². The van der Waals surface area contributed by atoms with Crippen molar-refractivity contribution in [3.63, 3.8) is 0 Å². The number of H-pyrrole nitrogens is 1. The SMILES string of the molecule is Nc1cc(C(=O)Nc2ccc(-c3nccs3)cc2)[nH]n1. The summed E-state index contributed by atoms with van der Waals surface area (Å²) in [5.74, 6) is 0.00506. The molecule has 0 saturated carbocycles. The van der Waals surface area contributed by atoms with E-state index in [1.807, 2.05) is 29.6 Å². The Morgan fingerprint density at radius 1 is 1.30 bits per heavy atom. The molecule has 0 bridgehead atoms.